The Morgan fingerprint density at radius 2 is 1.86 bits per heavy atom. The smallest absolute Gasteiger partial charge is 0.347 e. The second kappa shape index (κ2) is 10.6. The molecule has 0 radical (unpaired) electrons. The number of benzene rings is 3. The van der Waals surface area contributed by atoms with Crippen molar-refractivity contribution in [2.75, 3.05) is 6.61 Å². The van der Waals surface area contributed by atoms with Crippen LogP contribution in [0.25, 0.3) is 22.3 Å². The summed E-state index contributed by atoms with van der Waals surface area (Å²) >= 11 is 0. The van der Waals surface area contributed by atoms with Crippen LogP contribution in [0.5, 0.6) is 5.75 Å². The Kier molecular flexibility index (Phi) is 7.15. The Balaban J connectivity index is 1.84. The molecule has 1 heterocycles. The predicted octanol–water partition coefficient (Wildman–Crippen LogP) is 4.18. The van der Waals surface area contributed by atoms with Gasteiger partial charge in [0.1, 0.15) is 5.75 Å². The zero-order valence-electron chi connectivity index (χ0n) is 19.5. The van der Waals surface area contributed by atoms with E-state index in [2.05, 4.69) is 10.1 Å². The number of esters is 1. The number of hydrogen-bond acceptors (Lipinski definition) is 8. The number of carbonyl (C=O) groups is 1. The average molecular weight is 486 g/mol. The van der Waals surface area contributed by atoms with Crippen molar-refractivity contribution in [1.82, 2.24) is 9.66 Å². The molecule has 10 nitrogen and oxygen atoms in total. The van der Waals surface area contributed by atoms with Gasteiger partial charge in [0.15, 0.2) is 11.9 Å². The number of para-hydroxylation sites is 1. The van der Waals surface area contributed by atoms with E-state index in [-0.39, 0.29) is 23.6 Å². The number of rotatable bonds is 8. The number of carbonyl (C=O) groups excluding carboxylic acids is 1. The van der Waals surface area contributed by atoms with Gasteiger partial charge in [-0.05, 0) is 32.0 Å². The molecule has 0 saturated carbocycles. The van der Waals surface area contributed by atoms with Crippen molar-refractivity contribution in [3.8, 4) is 17.1 Å². The van der Waals surface area contributed by atoms with Crippen LogP contribution in [0.3, 0.4) is 0 Å². The minimum Gasteiger partial charge on any atom is -0.478 e. The second-order valence-corrected chi connectivity index (χ2v) is 7.67. The largest absolute Gasteiger partial charge is 0.478 e. The van der Waals surface area contributed by atoms with Gasteiger partial charge in [0.25, 0.3) is 11.2 Å². The molecule has 10 heteroatoms. The molecule has 182 valence electrons. The van der Waals surface area contributed by atoms with Gasteiger partial charge < -0.3 is 9.47 Å². The maximum Gasteiger partial charge on any atom is 0.347 e. The number of fused-ring (bicyclic) bond motifs is 1. The number of nitro benzene ring substituents is 1. The van der Waals surface area contributed by atoms with E-state index in [1.165, 1.54) is 31.3 Å². The first-order valence-corrected chi connectivity index (χ1v) is 11.1. The van der Waals surface area contributed by atoms with Gasteiger partial charge >= 0.3 is 5.97 Å². The summed E-state index contributed by atoms with van der Waals surface area (Å²) in [6, 6.07) is 19.8. The molecule has 0 unspecified atom stereocenters. The van der Waals surface area contributed by atoms with E-state index in [1.54, 1.807) is 43.3 Å². The molecular weight excluding hydrogens is 464 g/mol. The van der Waals surface area contributed by atoms with Crippen LogP contribution in [0.4, 0.5) is 5.69 Å². The number of non-ortho nitro benzene ring substituents is 1. The summed E-state index contributed by atoms with van der Waals surface area (Å²) in [6.07, 6.45) is 0.299. The lowest BCUT2D eigenvalue weighted by molar-refractivity contribution is -0.384. The van der Waals surface area contributed by atoms with Crippen molar-refractivity contribution in [3.05, 3.63) is 98.8 Å². The van der Waals surface area contributed by atoms with Crippen molar-refractivity contribution < 1.29 is 19.2 Å². The lowest BCUT2D eigenvalue weighted by Gasteiger charge is -2.15. The van der Waals surface area contributed by atoms with Crippen molar-refractivity contribution in [3.63, 3.8) is 0 Å². The highest BCUT2D eigenvalue weighted by atomic mass is 16.6. The standard InChI is InChI=1S/C26H22N4O6/c1-3-35-26(32)17(2)36-23-14-13-20(30(33)34)15-19(23)16-27-29-24(18-9-5-4-6-10-18)28-22-12-8-7-11-21(22)25(29)31/h4-17H,3H2,1-2H3/t17-/m0/s1. The van der Waals surface area contributed by atoms with Gasteiger partial charge in [-0.3, -0.25) is 14.9 Å². The molecular formula is C26H22N4O6. The van der Waals surface area contributed by atoms with Crippen LogP contribution < -0.4 is 10.3 Å². The summed E-state index contributed by atoms with van der Waals surface area (Å²) in [5.41, 5.74) is 0.738. The molecule has 0 aliphatic rings. The quantitative estimate of drug-likeness (QED) is 0.158. The normalized spacial score (nSPS) is 11.9. The Labute approximate surface area is 205 Å². The SMILES string of the molecule is CCOC(=O)[C@H](C)Oc1ccc([N+](=O)[O-])cc1C=Nn1c(-c2ccccc2)nc2ccccc2c1=O. The van der Waals surface area contributed by atoms with E-state index < -0.39 is 22.6 Å². The molecule has 36 heavy (non-hydrogen) atoms. The van der Waals surface area contributed by atoms with E-state index in [0.29, 0.717) is 22.3 Å². The summed E-state index contributed by atoms with van der Waals surface area (Å²) in [5, 5.41) is 16.1. The van der Waals surface area contributed by atoms with E-state index >= 15 is 0 Å². The number of nitro groups is 1. The highest BCUT2D eigenvalue weighted by molar-refractivity contribution is 5.86. The van der Waals surface area contributed by atoms with Crippen molar-refractivity contribution >= 4 is 28.8 Å². The maximum absolute atomic E-state index is 13.4. The number of nitrogens with zero attached hydrogens (tertiary/aromatic N) is 4. The van der Waals surface area contributed by atoms with Gasteiger partial charge in [0.05, 0.1) is 28.6 Å². The highest BCUT2D eigenvalue weighted by Gasteiger charge is 2.19. The summed E-state index contributed by atoms with van der Waals surface area (Å²) in [7, 11) is 0. The molecule has 4 aromatic rings. The molecule has 1 aromatic heterocycles. The minimum absolute atomic E-state index is 0.160. The molecule has 0 aliphatic heterocycles. The monoisotopic (exact) mass is 486 g/mol. The topological polar surface area (TPSA) is 126 Å². The van der Waals surface area contributed by atoms with Crippen molar-refractivity contribution in [1.29, 1.82) is 0 Å². The number of ether oxygens (including phenoxy) is 2. The average Bonchev–Trinajstić information content (AvgIpc) is 2.89. The molecule has 3 aromatic carbocycles. The Morgan fingerprint density at radius 1 is 1.14 bits per heavy atom. The van der Waals surface area contributed by atoms with Crippen LogP contribution in [-0.2, 0) is 9.53 Å². The predicted molar refractivity (Wildman–Crippen MR) is 134 cm³/mol. The maximum atomic E-state index is 13.4. The van der Waals surface area contributed by atoms with Gasteiger partial charge in [-0.15, -0.1) is 0 Å². The summed E-state index contributed by atoms with van der Waals surface area (Å²) in [5.74, 6) is -0.128. The number of hydrogen-bond donors (Lipinski definition) is 0. The molecule has 0 spiro atoms. The van der Waals surface area contributed by atoms with E-state index in [1.807, 2.05) is 18.2 Å². The molecule has 0 bridgehead atoms. The summed E-state index contributed by atoms with van der Waals surface area (Å²) in [4.78, 5) is 40.8. The molecule has 0 fully saturated rings. The van der Waals surface area contributed by atoms with Crippen LogP contribution in [0.15, 0.2) is 82.7 Å². The van der Waals surface area contributed by atoms with Gasteiger partial charge in [-0.25, -0.2) is 9.78 Å². The van der Waals surface area contributed by atoms with E-state index in [9.17, 15) is 19.7 Å². The third-order valence-corrected chi connectivity index (χ3v) is 5.22. The Hall–Kier alpha value is -4.86. The first kappa shape index (κ1) is 24.3. The molecule has 0 N–H and O–H groups in total. The molecule has 4 rings (SSSR count). The lowest BCUT2D eigenvalue weighted by Crippen LogP contribution is -2.26. The fourth-order valence-electron chi connectivity index (χ4n) is 3.48. The lowest BCUT2D eigenvalue weighted by atomic mass is 10.2. The van der Waals surface area contributed by atoms with Crippen molar-refractivity contribution in [2.45, 2.75) is 20.0 Å². The van der Waals surface area contributed by atoms with Crippen LogP contribution in [0, 0.1) is 10.1 Å². The molecule has 1 atom stereocenters. The minimum atomic E-state index is -0.969. The van der Waals surface area contributed by atoms with Crippen LogP contribution in [0.2, 0.25) is 0 Å². The summed E-state index contributed by atoms with van der Waals surface area (Å²) < 4.78 is 11.8. The highest BCUT2D eigenvalue weighted by Crippen LogP contribution is 2.25. The van der Waals surface area contributed by atoms with Crippen LogP contribution in [-0.4, -0.2) is 39.5 Å². The first-order valence-electron chi connectivity index (χ1n) is 11.1. The second-order valence-electron chi connectivity index (χ2n) is 7.67. The van der Waals surface area contributed by atoms with Gasteiger partial charge in [0, 0.05) is 23.3 Å². The van der Waals surface area contributed by atoms with Crippen molar-refractivity contribution in [2.24, 2.45) is 5.10 Å². The third kappa shape index (κ3) is 5.12. The zero-order valence-corrected chi connectivity index (χ0v) is 19.5. The molecule has 0 saturated heterocycles. The van der Waals surface area contributed by atoms with Crippen LogP contribution >= 0.6 is 0 Å². The fourth-order valence-corrected chi connectivity index (χ4v) is 3.48. The Bertz CT molecular complexity index is 1510. The van der Waals surface area contributed by atoms with Gasteiger partial charge in [0.2, 0.25) is 0 Å². The molecule has 0 aliphatic carbocycles. The van der Waals surface area contributed by atoms with E-state index in [0.717, 1.165) is 4.68 Å². The third-order valence-electron chi connectivity index (χ3n) is 5.22. The molecule has 0 amide bonds. The zero-order chi connectivity index (χ0) is 25.7. The number of aromatic nitrogens is 2. The van der Waals surface area contributed by atoms with Gasteiger partial charge in [-0.1, -0.05) is 42.5 Å². The summed E-state index contributed by atoms with van der Waals surface area (Å²) in [6.45, 7) is 3.36. The van der Waals surface area contributed by atoms with Gasteiger partial charge in [-0.2, -0.15) is 9.78 Å². The van der Waals surface area contributed by atoms with Crippen LogP contribution in [0.1, 0.15) is 19.4 Å². The Morgan fingerprint density at radius 3 is 2.58 bits per heavy atom. The fraction of sp³-hybridized carbons (Fsp3) is 0.154. The first-order chi connectivity index (χ1) is 17.4. The van der Waals surface area contributed by atoms with E-state index in [4.69, 9.17) is 9.47 Å².